The molecule has 0 aromatic heterocycles. The van der Waals surface area contributed by atoms with Gasteiger partial charge in [0.05, 0.1) is 26.4 Å². The number of hydrogen-bond donors (Lipinski definition) is 0. The zero-order valence-corrected chi connectivity index (χ0v) is 10.6. The molecule has 2 aliphatic rings. The van der Waals surface area contributed by atoms with E-state index in [0.29, 0.717) is 10.8 Å². The highest BCUT2D eigenvalue weighted by Gasteiger charge is 2.31. The van der Waals surface area contributed by atoms with Gasteiger partial charge >= 0.3 is 0 Å². The van der Waals surface area contributed by atoms with Crippen LogP contribution in [0.15, 0.2) is 0 Å². The Labute approximate surface area is 93.5 Å². The van der Waals surface area contributed by atoms with Gasteiger partial charge in [0, 0.05) is 10.8 Å². The first-order valence-corrected chi connectivity index (χ1v) is 5.69. The minimum absolute atomic E-state index is 0. The molecule has 2 heterocycles. The van der Waals surface area contributed by atoms with Gasteiger partial charge in [0.15, 0.2) is 0 Å². The highest BCUT2D eigenvalue weighted by molar-refractivity contribution is 4.78. The van der Waals surface area contributed by atoms with Crippen LogP contribution in [0.3, 0.4) is 0 Å². The second-order valence-corrected chi connectivity index (χ2v) is 5.31. The summed E-state index contributed by atoms with van der Waals surface area (Å²) in [7, 11) is 0. The molecule has 0 amide bonds. The Hall–Kier alpha value is -0.120. The van der Waals surface area contributed by atoms with E-state index in [2.05, 4.69) is 27.7 Å². The second-order valence-electron chi connectivity index (χ2n) is 5.31. The van der Waals surface area contributed by atoms with Crippen molar-refractivity contribution in [3.05, 3.63) is 0 Å². The molecule has 0 aromatic carbocycles. The van der Waals surface area contributed by atoms with E-state index >= 15 is 0 Å². The molecule has 2 fully saturated rings. The van der Waals surface area contributed by atoms with Crippen LogP contribution in [-0.4, -0.2) is 31.9 Å². The van der Waals surface area contributed by atoms with Gasteiger partial charge in [0.25, 0.3) is 0 Å². The SMILES string of the molecule is CCC1(C)COC1.CCC1(C)COC1.O. The first-order chi connectivity index (χ1) is 6.54. The molecule has 0 radical (unpaired) electrons. The van der Waals surface area contributed by atoms with E-state index < -0.39 is 0 Å². The molecular formula is C12H26O3. The van der Waals surface area contributed by atoms with Gasteiger partial charge in [-0.1, -0.05) is 27.7 Å². The summed E-state index contributed by atoms with van der Waals surface area (Å²) < 4.78 is 10.1. The lowest BCUT2D eigenvalue weighted by molar-refractivity contribution is -0.103. The van der Waals surface area contributed by atoms with E-state index in [9.17, 15) is 0 Å². The molecule has 0 aromatic rings. The zero-order valence-electron chi connectivity index (χ0n) is 10.6. The molecule has 0 bridgehead atoms. The van der Waals surface area contributed by atoms with Gasteiger partial charge in [0.2, 0.25) is 0 Å². The molecule has 92 valence electrons. The summed E-state index contributed by atoms with van der Waals surface area (Å²) in [5.41, 5.74) is 1.08. The predicted octanol–water partition coefficient (Wildman–Crippen LogP) is 2.04. The van der Waals surface area contributed by atoms with E-state index in [1.54, 1.807) is 0 Å². The maximum Gasteiger partial charge on any atom is 0.0542 e. The Morgan fingerprint density at radius 3 is 1.07 bits per heavy atom. The smallest absolute Gasteiger partial charge is 0.0542 e. The fourth-order valence-corrected chi connectivity index (χ4v) is 1.31. The fourth-order valence-electron chi connectivity index (χ4n) is 1.31. The third-order valence-electron chi connectivity index (χ3n) is 3.51. The Balaban J connectivity index is 0.000000245. The number of rotatable bonds is 2. The molecule has 2 rings (SSSR count). The molecule has 3 nitrogen and oxygen atoms in total. The molecule has 0 atom stereocenters. The lowest BCUT2D eigenvalue weighted by Gasteiger charge is -2.36. The third kappa shape index (κ3) is 4.09. The normalized spacial score (nSPS) is 24.8. The van der Waals surface area contributed by atoms with Crippen molar-refractivity contribution in [1.82, 2.24) is 0 Å². The molecule has 0 unspecified atom stereocenters. The van der Waals surface area contributed by atoms with Crippen molar-refractivity contribution < 1.29 is 14.9 Å². The largest absolute Gasteiger partial charge is 0.412 e. The van der Waals surface area contributed by atoms with Crippen LogP contribution >= 0.6 is 0 Å². The fraction of sp³-hybridized carbons (Fsp3) is 1.00. The van der Waals surface area contributed by atoms with Crippen LogP contribution in [-0.2, 0) is 9.47 Å². The number of hydrogen-bond acceptors (Lipinski definition) is 2. The van der Waals surface area contributed by atoms with Crippen LogP contribution in [0.2, 0.25) is 0 Å². The van der Waals surface area contributed by atoms with Crippen LogP contribution in [0.4, 0.5) is 0 Å². The zero-order chi connectivity index (χ0) is 10.7. The summed E-state index contributed by atoms with van der Waals surface area (Å²) in [6, 6.07) is 0. The molecule has 0 spiro atoms. The van der Waals surface area contributed by atoms with Gasteiger partial charge in [-0.15, -0.1) is 0 Å². The highest BCUT2D eigenvalue weighted by Crippen LogP contribution is 2.29. The molecular weight excluding hydrogens is 192 g/mol. The van der Waals surface area contributed by atoms with Crippen LogP contribution in [0.25, 0.3) is 0 Å². The standard InChI is InChI=1S/2C6H12O.H2O/c2*1-3-6(2)4-7-5-6;/h2*3-5H2,1-2H3;1H2. The maximum absolute atomic E-state index is 5.03. The van der Waals surface area contributed by atoms with Crippen molar-refractivity contribution in [3.63, 3.8) is 0 Å². The van der Waals surface area contributed by atoms with Crippen molar-refractivity contribution in [2.75, 3.05) is 26.4 Å². The van der Waals surface area contributed by atoms with Crippen LogP contribution < -0.4 is 0 Å². The lowest BCUT2D eigenvalue weighted by atomic mass is 9.86. The van der Waals surface area contributed by atoms with Crippen molar-refractivity contribution in [1.29, 1.82) is 0 Å². The lowest BCUT2D eigenvalue weighted by Crippen LogP contribution is -2.38. The molecule has 15 heavy (non-hydrogen) atoms. The highest BCUT2D eigenvalue weighted by atomic mass is 16.5. The first kappa shape index (κ1) is 14.9. The summed E-state index contributed by atoms with van der Waals surface area (Å²) in [6.07, 6.45) is 2.51. The first-order valence-electron chi connectivity index (χ1n) is 5.69. The molecule has 2 aliphatic heterocycles. The topological polar surface area (TPSA) is 50.0 Å². The monoisotopic (exact) mass is 218 g/mol. The van der Waals surface area contributed by atoms with Gasteiger partial charge in [-0.3, -0.25) is 0 Å². The van der Waals surface area contributed by atoms with Crippen LogP contribution in [0.1, 0.15) is 40.5 Å². The second kappa shape index (κ2) is 5.83. The predicted molar refractivity (Wildman–Crippen MR) is 62.0 cm³/mol. The Bertz CT molecular complexity index is 141. The van der Waals surface area contributed by atoms with E-state index in [1.807, 2.05) is 0 Å². The van der Waals surface area contributed by atoms with Crippen molar-refractivity contribution >= 4 is 0 Å². The molecule has 2 N–H and O–H groups in total. The Morgan fingerprint density at radius 1 is 0.800 bits per heavy atom. The Morgan fingerprint density at radius 2 is 1.07 bits per heavy atom. The molecule has 0 saturated carbocycles. The van der Waals surface area contributed by atoms with Gasteiger partial charge < -0.3 is 14.9 Å². The summed E-state index contributed by atoms with van der Waals surface area (Å²) in [5.74, 6) is 0. The van der Waals surface area contributed by atoms with E-state index in [0.717, 1.165) is 26.4 Å². The third-order valence-corrected chi connectivity index (χ3v) is 3.51. The van der Waals surface area contributed by atoms with Crippen LogP contribution in [0, 0.1) is 10.8 Å². The van der Waals surface area contributed by atoms with Crippen LogP contribution in [0.5, 0.6) is 0 Å². The van der Waals surface area contributed by atoms with Gasteiger partial charge in [0.1, 0.15) is 0 Å². The Kier molecular flexibility index (Phi) is 5.78. The maximum atomic E-state index is 5.03. The average Bonchev–Trinajstić information content (AvgIpc) is 2.11. The quantitative estimate of drug-likeness (QED) is 0.712. The summed E-state index contributed by atoms with van der Waals surface area (Å²) in [6.45, 7) is 12.8. The van der Waals surface area contributed by atoms with Crippen molar-refractivity contribution in [2.45, 2.75) is 40.5 Å². The summed E-state index contributed by atoms with van der Waals surface area (Å²) in [5, 5.41) is 0. The number of ether oxygens (including phenoxy) is 2. The van der Waals surface area contributed by atoms with Gasteiger partial charge in [-0.25, -0.2) is 0 Å². The summed E-state index contributed by atoms with van der Waals surface area (Å²) in [4.78, 5) is 0. The molecule has 2 saturated heterocycles. The van der Waals surface area contributed by atoms with E-state index in [1.165, 1.54) is 12.8 Å². The van der Waals surface area contributed by atoms with E-state index in [4.69, 9.17) is 9.47 Å². The van der Waals surface area contributed by atoms with E-state index in [-0.39, 0.29) is 5.48 Å². The van der Waals surface area contributed by atoms with Crippen molar-refractivity contribution in [3.8, 4) is 0 Å². The van der Waals surface area contributed by atoms with Crippen molar-refractivity contribution in [2.24, 2.45) is 10.8 Å². The summed E-state index contributed by atoms with van der Waals surface area (Å²) >= 11 is 0. The van der Waals surface area contributed by atoms with Gasteiger partial charge in [-0.2, -0.15) is 0 Å². The van der Waals surface area contributed by atoms with Gasteiger partial charge in [-0.05, 0) is 12.8 Å². The minimum atomic E-state index is 0. The minimum Gasteiger partial charge on any atom is -0.412 e. The average molecular weight is 218 g/mol. The molecule has 0 aliphatic carbocycles. The molecule has 3 heteroatoms.